The van der Waals surface area contributed by atoms with E-state index < -0.39 is 52.5 Å². The average molecular weight is 598 g/mol. The number of amides is 2. The maximum atomic E-state index is 13.3. The van der Waals surface area contributed by atoms with E-state index in [9.17, 15) is 35.9 Å². The number of imide groups is 1. The molecule has 0 bridgehead atoms. The highest BCUT2D eigenvalue weighted by Gasteiger charge is 2.43. The van der Waals surface area contributed by atoms with E-state index >= 15 is 0 Å². The van der Waals surface area contributed by atoms with Crippen molar-refractivity contribution in [1.82, 2.24) is 5.01 Å². The van der Waals surface area contributed by atoms with Gasteiger partial charge in [-0.2, -0.15) is 31.4 Å². The number of alkyl halides is 6. The molecule has 0 fully saturated rings. The largest absolute Gasteiger partial charge is 0.452 e. The first-order valence-electron chi connectivity index (χ1n) is 12.0. The Labute approximate surface area is 235 Å². The van der Waals surface area contributed by atoms with Crippen LogP contribution < -0.4 is 4.90 Å². The summed E-state index contributed by atoms with van der Waals surface area (Å²) < 4.78 is 83.7. The molecule has 41 heavy (non-hydrogen) atoms. The number of carbonyl (C=O) groups is 2. The van der Waals surface area contributed by atoms with Crippen molar-refractivity contribution >= 4 is 35.0 Å². The van der Waals surface area contributed by atoms with Crippen LogP contribution in [0.3, 0.4) is 0 Å². The second-order valence-corrected chi connectivity index (χ2v) is 9.81. The summed E-state index contributed by atoms with van der Waals surface area (Å²) in [4.78, 5) is 26.4. The molecule has 0 radical (unpaired) electrons. The first kappa shape index (κ1) is 29.9. The SMILES string of the molecule is COC(=O)N(C(=O)CN1CC(C)(c2ccccc2)C(c2ccc(C(F)(F)F)c(Cl)c2)=N1)c1ccc(C(F)(F)F)cc1. The molecule has 3 aromatic rings. The number of halogens is 7. The van der Waals surface area contributed by atoms with Crippen molar-refractivity contribution in [2.45, 2.75) is 24.7 Å². The van der Waals surface area contributed by atoms with Crippen LogP contribution >= 0.6 is 11.6 Å². The maximum absolute atomic E-state index is 13.3. The van der Waals surface area contributed by atoms with Gasteiger partial charge in [0, 0.05) is 5.56 Å². The van der Waals surface area contributed by atoms with E-state index in [1.54, 1.807) is 37.3 Å². The van der Waals surface area contributed by atoms with Gasteiger partial charge in [0.05, 0.1) is 46.6 Å². The fraction of sp³-hybridized carbons (Fsp3) is 0.250. The second kappa shape index (κ2) is 11.1. The number of hydrogen-bond acceptors (Lipinski definition) is 5. The van der Waals surface area contributed by atoms with Crippen LogP contribution in [0, 0.1) is 0 Å². The van der Waals surface area contributed by atoms with Crippen LogP contribution in [0.5, 0.6) is 0 Å². The van der Waals surface area contributed by atoms with Crippen LogP contribution in [0.2, 0.25) is 5.02 Å². The molecule has 0 aromatic heterocycles. The summed E-state index contributed by atoms with van der Waals surface area (Å²) in [6.45, 7) is 1.38. The molecule has 0 N–H and O–H groups in total. The van der Waals surface area contributed by atoms with Crippen LogP contribution in [0.15, 0.2) is 77.9 Å². The van der Waals surface area contributed by atoms with Gasteiger partial charge in [-0.15, -0.1) is 0 Å². The first-order chi connectivity index (χ1) is 19.1. The zero-order valence-corrected chi connectivity index (χ0v) is 22.3. The Morgan fingerprint density at radius 3 is 2.15 bits per heavy atom. The number of carbonyl (C=O) groups excluding carboxylic acids is 2. The van der Waals surface area contributed by atoms with E-state index in [2.05, 4.69) is 9.84 Å². The summed E-state index contributed by atoms with van der Waals surface area (Å²) in [5.74, 6) is -0.859. The summed E-state index contributed by atoms with van der Waals surface area (Å²) >= 11 is 5.98. The predicted octanol–water partition coefficient (Wildman–Crippen LogP) is 7.15. The van der Waals surface area contributed by atoms with E-state index in [1.807, 2.05) is 0 Å². The van der Waals surface area contributed by atoms with Crippen LogP contribution in [0.25, 0.3) is 0 Å². The van der Waals surface area contributed by atoms with Gasteiger partial charge < -0.3 is 4.74 Å². The molecule has 13 heteroatoms. The van der Waals surface area contributed by atoms with Crippen molar-refractivity contribution in [1.29, 1.82) is 0 Å². The molecule has 1 unspecified atom stereocenters. The van der Waals surface area contributed by atoms with Gasteiger partial charge in [0.25, 0.3) is 5.91 Å². The van der Waals surface area contributed by atoms with Crippen molar-refractivity contribution in [2.24, 2.45) is 5.10 Å². The summed E-state index contributed by atoms with van der Waals surface area (Å²) in [7, 11) is 1.01. The Kier molecular flexibility index (Phi) is 8.08. The molecule has 4 rings (SSSR count). The van der Waals surface area contributed by atoms with E-state index in [4.69, 9.17) is 11.6 Å². The number of methoxy groups -OCH3 is 1. The monoisotopic (exact) mass is 597 g/mol. The third kappa shape index (κ3) is 6.17. The highest BCUT2D eigenvalue weighted by atomic mass is 35.5. The molecular formula is C28H22ClF6N3O3. The zero-order valence-electron chi connectivity index (χ0n) is 21.6. The van der Waals surface area contributed by atoms with Gasteiger partial charge in [0.1, 0.15) is 6.54 Å². The van der Waals surface area contributed by atoms with Gasteiger partial charge in [0.15, 0.2) is 0 Å². The quantitative estimate of drug-likeness (QED) is 0.293. The Hall–Kier alpha value is -4.06. The van der Waals surface area contributed by atoms with Gasteiger partial charge in [0.2, 0.25) is 0 Å². The lowest BCUT2D eigenvalue weighted by atomic mass is 9.76. The lowest BCUT2D eigenvalue weighted by Gasteiger charge is -2.28. The lowest BCUT2D eigenvalue weighted by molar-refractivity contribution is -0.138. The normalized spacial score (nSPS) is 17.3. The molecule has 1 heterocycles. The lowest BCUT2D eigenvalue weighted by Crippen LogP contribution is -2.44. The molecule has 1 atom stereocenters. The first-order valence-corrected chi connectivity index (χ1v) is 12.4. The molecule has 216 valence electrons. The summed E-state index contributed by atoms with van der Waals surface area (Å²) in [5, 5.41) is 5.33. The van der Waals surface area contributed by atoms with Gasteiger partial charge >= 0.3 is 18.4 Å². The van der Waals surface area contributed by atoms with Crippen LogP contribution in [-0.4, -0.2) is 42.9 Å². The van der Waals surface area contributed by atoms with Gasteiger partial charge in [-0.25, -0.2) is 9.69 Å². The summed E-state index contributed by atoms with van der Waals surface area (Å²) in [5.41, 5.74) is -1.70. The van der Waals surface area contributed by atoms with Crippen molar-refractivity contribution in [3.05, 3.63) is 100 Å². The third-order valence-corrected chi connectivity index (χ3v) is 6.91. The van der Waals surface area contributed by atoms with Crippen molar-refractivity contribution < 1.29 is 40.7 Å². The fourth-order valence-corrected chi connectivity index (χ4v) is 4.88. The molecule has 0 spiro atoms. The molecule has 1 aliphatic rings. The second-order valence-electron chi connectivity index (χ2n) is 9.41. The van der Waals surface area contributed by atoms with E-state index in [-0.39, 0.29) is 17.8 Å². The van der Waals surface area contributed by atoms with Crippen molar-refractivity contribution in [3.8, 4) is 0 Å². The molecule has 6 nitrogen and oxygen atoms in total. The van der Waals surface area contributed by atoms with Crippen LogP contribution in [0.1, 0.15) is 29.2 Å². The van der Waals surface area contributed by atoms with Gasteiger partial charge in [-0.05, 0) is 48.9 Å². The Morgan fingerprint density at radius 1 is 0.976 bits per heavy atom. The maximum Gasteiger partial charge on any atom is 0.420 e. The molecule has 1 aliphatic heterocycles. The molecule has 3 aromatic carbocycles. The number of nitrogens with zero attached hydrogens (tertiary/aromatic N) is 3. The van der Waals surface area contributed by atoms with E-state index in [0.717, 1.165) is 49.1 Å². The number of rotatable bonds is 5. The highest BCUT2D eigenvalue weighted by Crippen LogP contribution is 2.39. The molecule has 2 amide bonds. The predicted molar refractivity (Wildman–Crippen MR) is 140 cm³/mol. The minimum Gasteiger partial charge on any atom is -0.452 e. The van der Waals surface area contributed by atoms with E-state index in [0.29, 0.717) is 10.6 Å². The topological polar surface area (TPSA) is 62.2 Å². The number of benzene rings is 3. The standard InChI is InChI=1S/C28H22ClF6N3O3/c1-26(18-6-4-3-5-7-18)16-37(36-24(26)17-8-13-21(22(29)14-17)28(33,34)35)15-23(39)38(25(40)41-2)20-11-9-19(10-12-20)27(30,31)32/h3-14H,15-16H2,1-2H3. The minimum atomic E-state index is -4.66. The highest BCUT2D eigenvalue weighted by molar-refractivity contribution is 6.32. The molecular weight excluding hydrogens is 576 g/mol. The zero-order chi connectivity index (χ0) is 30.2. The minimum absolute atomic E-state index is 0.0821. The molecule has 0 aliphatic carbocycles. The van der Waals surface area contributed by atoms with Crippen LogP contribution in [0.4, 0.5) is 36.8 Å². The van der Waals surface area contributed by atoms with Gasteiger partial charge in [-0.3, -0.25) is 9.80 Å². The molecule has 0 saturated carbocycles. The Balaban J connectivity index is 1.70. The van der Waals surface area contributed by atoms with Crippen molar-refractivity contribution in [2.75, 3.05) is 25.1 Å². The number of ether oxygens (including phenoxy) is 1. The van der Waals surface area contributed by atoms with Crippen LogP contribution in [-0.2, 0) is 27.3 Å². The van der Waals surface area contributed by atoms with E-state index in [1.165, 1.54) is 11.1 Å². The number of hydrazone groups is 1. The number of hydrogen-bond donors (Lipinski definition) is 0. The Bertz CT molecular complexity index is 1480. The summed E-state index contributed by atoms with van der Waals surface area (Å²) in [6.07, 6.45) is -10.4. The Morgan fingerprint density at radius 2 is 1.61 bits per heavy atom. The number of anilines is 1. The average Bonchev–Trinajstić information content (AvgIpc) is 3.25. The van der Waals surface area contributed by atoms with Crippen molar-refractivity contribution in [3.63, 3.8) is 0 Å². The summed E-state index contributed by atoms with van der Waals surface area (Å²) in [6, 6.07) is 15.6. The smallest absolute Gasteiger partial charge is 0.420 e. The third-order valence-electron chi connectivity index (χ3n) is 6.60. The molecule has 0 saturated heterocycles. The fourth-order valence-electron chi connectivity index (χ4n) is 4.59. The van der Waals surface area contributed by atoms with Gasteiger partial charge in [-0.1, -0.05) is 48.0 Å².